The predicted molar refractivity (Wildman–Crippen MR) is 140 cm³/mol. The molecule has 3 heterocycles. The molecule has 2 aromatic heterocycles. The normalized spacial score (nSPS) is 16.6. The number of piperidine rings is 1. The Morgan fingerprint density at radius 2 is 1.97 bits per heavy atom. The van der Waals surface area contributed by atoms with Crippen molar-refractivity contribution in [2.75, 3.05) is 26.7 Å². The molecule has 3 aromatic rings. The maximum Gasteiger partial charge on any atom is 0.303 e. The Balaban J connectivity index is 1.39. The maximum absolute atomic E-state index is 11.8. The Bertz CT molecular complexity index is 1170. The molecule has 8 heteroatoms. The second-order valence-electron chi connectivity index (χ2n) is 9.83. The number of likely N-dealkylation sites (tertiary alicyclic amines) is 1. The van der Waals surface area contributed by atoms with Crippen LogP contribution in [0.25, 0.3) is 10.9 Å². The van der Waals surface area contributed by atoms with Gasteiger partial charge < -0.3 is 19.8 Å². The number of hydrogen-bond donors (Lipinski definition) is 2. The molecule has 0 aliphatic carbocycles. The van der Waals surface area contributed by atoms with Crippen LogP contribution in [-0.2, 0) is 11.2 Å². The molecule has 1 fully saturated rings. The molecule has 36 heavy (non-hydrogen) atoms. The molecule has 0 radical (unpaired) electrons. The number of aliphatic carboxylic acids is 1. The first-order valence-electron chi connectivity index (χ1n) is 12.5. The first-order chi connectivity index (χ1) is 17.4. The SMILES string of the molecule is COc1ccc2ncc(Cl)c([C@H](O)CCC3(CC(=O)O)CCN(CCCc4ccncc4)CC3)c2c1. The van der Waals surface area contributed by atoms with Gasteiger partial charge in [-0.1, -0.05) is 11.6 Å². The number of pyridine rings is 2. The molecule has 4 rings (SSSR count). The molecule has 1 saturated heterocycles. The first-order valence-corrected chi connectivity index (χ1v) is 12.9. The zero-order valence-corrected chi connectivity index (χ0v) is 21.5. The van der Waals surface area contributed by atoms with Gasteiger partial charge in [0.2, 0.25) is 0 Å². The minimum atomic E-state index is -0.820. The fourth-order valence-electron chi connectivity index (χ4n) is 5.36. The van der Waals surface area contributed by atoms with Gasteiger partial charge in [0.05, 0.1) is 30.2 Å². The highest BCUT2D eigenvalue weighted by atomic mass is 35.5. The van der Waals surface area contributed by atoms with Crippen LogP contribution in [0.1, 0.15) is 55.8 Å². The molecule has 1 aliphatic rings. The molecule has 0 saturated carbocycles. The molecular weight excluding hydrogens is 478 g/mol. The number of aryl methyl sites for hydroxylation is 1. The van der Waals surface area contributed by atoms with Crippen LogP contribution in [0.4, 0.5) is 0 Å². The van der Waals surface area contributed by atoms with Crippen molar-refractivity contribution in [2.24, 2.45) is 5.41 Å². The van der Waals surface area contributed by atoms with E-state index in [1.165, 1.54) is 5.56 Å². The molecule has 1 aromatic carbocycles. The summed E-state index contributed by atoms with van der Waals surface area (Å²) >= 11 is 6.48. The van der Waals surface area contributed by atoms with E-state index in [4.69, 9.17) is 16.3 Å². The van der Waals surface area contributed by atoms with E-state index in [2.05, 4.69) is 14.9 Å². The standard InChI is InChI=1S/C28H34ClN3O4/c1-36-21-4-5-24-22(17-21)27(23(29)19-31-24)25(33)6-9-28(18-26(34)35)10-15-32(16-11-28)14-2-3-20-7-12-30-13-8-20/h4-5,7-8,12-13,17,19,25,33H,2-3,6,9-11,14-16,18H2,1H3,(H,34,35)/t25-/m1/s1. The fraction of sp³-hybridized carbons (Fsp3) is 0.464. The molecule has 1 aliphatic heterocycles. The number of carbonyl (C=O) groups is 1. The number of fused-ring (bicyclic) bond motifs is 1. The van der Waals surface area contributed by atoms with E-state index in [9.17, 15) is 15.0 Å². The smallest absolute Gasteiger partial charge is 0.303 e. The van der Waals surface area contributed by atoms with Gasteiger partial charge in [-0.25, -0.2) is 0 Å². The molecule has 0 spiro atoms. The van der Waals surface area contributed by atoms with Crippen molar-refractivity contribution < 1.29 is 19.7 Å². The van der Waals surface area contributed by atoms with Crippen LogP contribution >= 0.6 is 11.6 Å². The summed E-state index contributed by atoms with van der Waals surface area (Å²) in [6.45, 7) is 2.74. The van der Waals surface area contributed by atoms with Crippen LogP contribution in [-0.4, -0.2) is 57.8 Å². The first kappa shape index (κ1) is 26.3. The highest BCUT2D eigenvalue weighted by molar-refractivity contribution is 6.32. The fourth-order valence-corrected chi connectivity index (χ4v) is 5.64. The summed E-state index contributed by atoms with van der Waals surface area (Å²) in [6.07, 6.45) is 9.24. The Hall–Kier alpha value is -2.74. The zero-order valence-electron chi connectivity index (χ0n) is 20.7. The highest BCUT2D eigenvalue weighted by Gasteiger charge is 2.37. The minimum absolute atomic E-state index is 0.114. The molecule has 0 unspecified atom stereocenters. The van der Waals surface area contributed by atoms with Gasteiger partial charge in [-0.15, -0.1) is 0 Å². The minimum Gasteiger partial charge on any atom is -0.497 e. The number of carboxylic acid groups (broad SMARTS) is 1. The van der Waals surface area contributed by atoms with E-state index in [0.717, 1.165) is 56.2 Å². The van der Waals surface area contributed by atoms with Crippen LogP contribution < -0.4 is 4.74 Å². The van der Waals surface area contributed by atoms with Crippen LogP contribution in [0.5, 0.6) is 5.75 Å². The third-order valence-corrected chi connectivity index (χ3v) is 7.78. The lowest BCUT2D eigenvalue weighted by molar-refractivity contribution is -0.141. The molecule has 0 amide bonds. The number of methoxy groups -OCH3 is 1. The van der Waals surface area contributed by atoms with Gasteiger partial charge in [0.15, 0.2) is 0 Å². The lowest BCUT2D eigenvalue weighted by Gasteiger charge is -2.41. The Kier molecular flexibility index (Phi) is 8.77. The number of aliphatic hydroxyl groups is 1. The van der Waals surface area contributed by atoms with E-state index < -0.39 is 12.1 Å². The number of rotatable bonds is 11. The van der Waals surface area contributed by atoms with Crippen molar-refractivity contribution in [3.05, 3.63) is 65.1 Å². The van der Waals surface area contributed by atoms with Crippen LogP contribution in [0.15, 0.2) is 48.9 Å². The third kappa shape index (κ3) is 6.52. The summed E-state index contributed by atoms with van der Waals surface area (Å²) in [6, 6.07) is 9.61. The van der Waals surface area contributed by atoms with E-state index in [1.807, 2.05) is 42.7 Å². The summed E-state index contributed by atoms with van der Waals surface area (Å²) in [5.74, 6) is -0.119. The van der Waals surface area contributed by atoms with Crippen molar-refractivity contribution in [1.29, 1.82) is 0 Å². The second-order valence-corrected chi connectivity index (χ2v) is 10.2. The third-order valence-electron chi connectivity index (χ3n) is 7.48. The van der Waals surface area contributed by atoms with Gasteiger partial charge in [0.1, 0.15) is 5.75 Å². The zero-order chi connectivity index (χ0) is 25.5. The Morgan fingerprint density at radius 1 is 1.22 bits per heavy atom. The molecule has 7 nitrogen and oxygen atoms in total. The van der Waals surface area contributed by atoms with Gasteiger partial charge in [0.25, 0.3) is 0 Å². The molecule has 192 valence electrons. The molecular formula is C28H34ClN3O4. The lowest BCUT2D eigenvalue weighted by Crippen LogP contribution is -2.41. The summed E-state index contributed by atoms with van der Waals surface area (Å²) < 4.78 is 5.35. The Labute approximate surface area is 217 Å². The van der Waals surface area contributed by atoms with Gasteiger partial charge in [-0.05, 0) is 99.5 Å². The topological polar surface area (TPSA) is 95.8 Å². The van der Waals surface area contributed by atoms with Crippen molar-refractivity contribution in [2.45, 2.75) is 51.0 Å². The van der Waals surface area contributed by atoms with Gasteiger partial charge >= 0.3 is 5.97 Å². The van der Waals surface area contributed by atoms with E-state index >= 15 is 0 Å². The summed E-state index contributed by atoms with van der Waals surface area (Å²) in [7, 11) is 1.59. The maximum atomic E-state index is 11.8. The molecule has 2 N–H and O–H groups in total. The summed E-state index contributed by atoms with van der Waals surface area (Å²) in [4.78, 5) is 22.6. The quantitative estimate of drug-likeness (QED) is 0.361. The Morgan fingerprint density at radius 3 is 2.67 bits per heavy atom. The van der Waals surface area contributed by atoms with Crippen molar-refractivity contribution in [1.82, 2.24) is 14.9 Å². The van der Waals surface area contributed by atoms with Gasteiger partial charge in [-0.2, -0.15) is 0 Å². The summed E-state index contributed by atoms with van der Waals surface area (Å²) in [5, 5.41) is 22.0. The van der Waals surface area contributed by atoms with Crippen LogP contribution in [0, 0.1) is 5.41 Å². The van der Waals surface area contributed by atoms with Crippen LogP contribution in [0.3, 0.4) is 0 Å². The number of aliphatic hydroxyl groups excluding tert-OH is 1. The number of halogens is 1. The number of hydrogen-bond acceptors (Lipinski definition) is 6. The number of aromatic nitrogens is 2. The lowest BCUT2D eigenvalue weighted by atomic mass is 9.71. The van der Waals surface area contributed by atoms with Crippen molar-refractivity contribution in [3.8, 4) is 5.75 Å². The van der Waals surface area contributed by atoms with E-state index in [1.54, 1.807) is 13.3 Å². The van der Waals surface area contributed by atoms with Crippen molar-refractivity contribution in [3.63, 3.8) is 0 Å². The monoisotopic (exact) mass is 511 g/mol. The van der Waals surface area contributed by atoms with Gasteiger partial charge in [-0.3, -0.25) is 14.8 Å². The van der Waals surface area contributed by atoms with Gasteiger partial charge in [0, 0.05) is 29.5 Å². The molecule has 1 atom stereocenters. The number of ether oxygens (including phenoxy) is 1. The second kappa shape index (κ2) is 12.0. The number of benzene rings is 1. The highest BCUT2D eigenvalue weighted by Crippen LogP contribution is 2.43. The van der Waals surface area contributed by atoms with E-state index in [-0.39, 0.29) is 11.8 Å². The van der Waals surface area contributed by atoms with Crippen LogP contribution in [0.2, 0.25) is 5.02 Å². The van der Waals surface area contributed by atoms with Crippen molar-refractivity contribution >= 4 is 28.5 Å². The van der Waals surface area contributed by atoms with E-state index in [0.29, 0.717) is 29.2 Å². The average Bonchev–Trinajstić information content (AvgIpc) is 2.88. The largest absolute Gasteiger partial charge is 0.497 e. The average molecular weight is 512 g/mol. The number of carboxylic acids is 1. The predicted octanol–water partition coefficient (Wildman–Crippen LogP) is 5.30. The molecule has 0 bridgehead atoms. The summed E-state index contributed by atoms with van der Waals surface area (Å²) in [5.41, 5.74) is 2.31. The number of nitrogens with zero attached hydrogens (tertiary/aromatic N) is 3.